The zero-order valence-corrected chi connectivity index (χ0v) is 15.5. The van der Waals surface area contributed by atoms with Gasteiger partial charge in [-0.25, -0.2) is 9.61 Å². The van der Waals surface area contributed by atoms with Crippen molar-refractivity contribution in [3.8, 4) is 11.6 Å². The van der Waals surface area contributed by atoms with E-state index in [1.54, 1.807) is 60.8 Å². The number of nitrogens with zero attached hydrogens (tertiary/aromatic N) is 3. The molecule has 0 spiro atoms. The van der Waals surface area contributed by atoms with E-state index in [1.807, 2.05) is 0 Å². The van der Waals surface area contributed by atoms with Gasteiger partial charge in [-0.2, -0.15) is 0 Å². The molecule has 146 valence electrons. The fourth-order valence-electron chi connectivity index (χ4n) is 2.72. The normalized spacial score (nSPS) is 10.7. The number of benzene rings is 2. The van der Waals surface area contributed by atoms with E-state index in [9.17, 15) is 9.59 Å². The lowest BCUT2D eigenvalue weighted by atomic mass is 10.1. The van der Waals surface area contributed by atoms with Gasteiger partial charge in [0, 0.05) is 25.8 Å². The molecule has 4 aromatic rings. The van der Waals surface area contributed by atoms with Crippen LogP contribution in [0.15, 0.2) is 65.4 Å². The van der Waals surface area contributed by atoms with Crippen LogP contribution in [0, 0.1) is 0 Å². The van der Waals surface area contributed by atoms with Crippen LogP contribution in [0.2, 0.25) is 0 Å². The lowest BCUT2D eigenvalue weighted by Gasteiger charge is -2.10. The highest BCUT2D eigenvalue weighted by Gasteiger charge is 2.15. The summed E-state index contributed by atoms with van der Waals surface area (Å²) >= 11 is 0. The van der Waals surface area contributed by atoms with Crippen molar-refractivity contribution in [3.05, 3.63) is 77.5 Å². The average molecular weight is 390 g/mol. The number of ether oxygens (including phenoxy) is 1. The summed E-state index contributed by atoms with van der Waals surface area (Å²) in [4.78, 5) is 28.2. The molecular weight excluding hydrogens is 372 g/mol. The van der Waals surface area contributed by atoms with Crippen molar-refractivity contribution in [2.75, 3.05) is 0 Å². The molecule has 2 aromatic carbocycles. The smallest absolute Gasteiger partial charge is 0.257 e. The maximum Gasteiger partial charge on any atom is 0.257 e. The highest BCUT2D eigenvalue weighted by Crippen LogP contribution is 2.25. The Morgan fingerprint density at radius 1 is 1.07 bits per heavy atom. The molecule has 4 rings (SSSR count). The summed E-state index contributed by atoms with van der Waals surface area (Å²) in [6, 6.07) is 15.4. The Hall–Kier alpha value is -4.07. The molecule has 1 N–H and O–H groups in total. The summed E-state index contributed by atoms with van der Waals surface area (Å²) < 4.78 is 10.5. The second-order valence-electron chi connectivity index (χ2n) is 6.31. The first-order valence-electron chi connectivity index (χ1n) is 8.83. The Balaban J connectivity index is 0.00000256. The van der Waals surface area contributed by atoms with Crippen LogP contribution < -0.4 is 10.1 Å². The fourth-order valence-corrected chi connectivity index (χ4v) is 2.72. The fraction of sp³-hybridized carbons (Fsp3) is 0.0952. The molecule has 2 heterocycles. The summed E-state index contributed by atoms with van der Waals surface area (Å²) in [6.07, 6.45) is 1.54. The summed E-state index contributed by atoms with van der Waals surface area (Å²) in [5.41, 5.74) is 2.94. The summed E-state index contributed by atoms with van der Waals surface area (Å²) in [5, 5.41) is 10.3. The zero-order valence-electron chi connectivity index (χ0n) is 15.5. The van der Waals surface area contributed by atoms with Crippen LogP contribution in [0.5, 0.6) is 11.6 Å². The molecular formula is C21H18N4O4. The van der Waals surface area contributed by atoms with Gasteiger partial charge in [-0.1, -0.05) is 24.3 Å². The lowest BCUT2D eigenvalue weighted by molar-refractivity contribution is 0.0946. The molecule has 8 heteroatoms. The Bertz CT molecular complexity index is 1190. The van der Waals surface area contributed by atoms with Crippen LogP contribution in [0.25, 0.3) is 11.0 Å². The van der Waals surface area contributed by atoms with Gasteiger partial charge in [0.25, 0.3) is 5.91 Å². The SMILES string of the molecule is CC(=O)c1ccc(CNC(=O)c2cccnc2Oc2ccc3nonc3c2)cc1.[HH]. The molecule has 2 aromatic heterocycles. The minimum atomic E-state index is -0.326. The number of aromatic nitrogens is 3. The second-order valence-corrected chi connectivity index (χ2v) is 6.31. The van der Waals surface area contributed by atoms with Crippen LogP contribution in [0.3, 0.4) is 0 Å². The first-order chi connectivity index (χ1) is 14.1. The largest absolute Gasteiger partial charge is 0.438 e. The van der Waals surface area contributed by atoms with E-state index in [2.05, 4.69) is 25.2 Å². The molecule has 0 aliphatic carbocycles. The molecule has 8 nitrogen and oxygen atoms in total. The first kappa shape index (κ1) is 18.3. The van der Waals surface area contributed by atoms with E-state index in [0.717, 1.165) is 5.56 Å². The van der Waals surface area contributed by atoms with Crippen molar-refractivity contribution in [3.63, 3.8) is 0 Å². The van der Waals surface area contributed by atoms with E-state index >= 15 is 0 Å². The third-order valence-corrected chi connectivity index (χ3v) is 4.27. The number of hydrogen-bond donors (Lipinski definition) is 1. The van der Waals surface area contributed by atoms with Gasteiger partial charge in [0.2, 0.25) is 5.88 Å². The van der Waals surface area contributed by atoms with Crippen molar-refractivity contribution >= 4 is 22.7 Å². The van der Waals surface area contributed by atoms with E-state index in [4.69, 9.17) is 4.74 Å². The van der Waals surface area contributed by atoms with Crippen molar-refractivity contribution < 1.29 is 20.4 Å². The third-order valence-electron chi connectivity index (χ3n) is 4.27. The summed E-state index contributed by atoms with van der Waals surface area (Å²) in [6.45, 7) is 1.82. The molecule has 0 bridgehead atoms. The topological polar surface area (TPSA) is 107 Å². The Morgan fingerprint density at radius 2 is 1.86 bits per heavy atom. The minimum Gasteiger partial charge on any atom is -0.438 e. The number of hydrogen-bond acceptors (Lipinski definition) is 7. The van der Waals surface area contributed by atoms with Gasteiger partial charge in [-0.3, -0.25) is 9.59 Å². The minimum absolute atomic E-state index is 0. The second kappa shape index (κ2) is 7.89. The molecule has 0 saturated carbocycles. The molecule has 29 heavy (non-hydrogen) atoms. The number of nitrogens with one attached hydrogen (secondary N) is 1. The standard InChI is InChI=1S/C21H16N4O4.H2/c1-13(26)15-6-4-14(5-7-15)12-23-20(27)17-3-2-10-22-21(17)28-16-8-9-18-19(11-16)25-29-24-18;/h2-11H,12H2,1H3,(H,23,27);1H. The molecule has 0 radical (unpaired) electrons. The molecule has 0 atom stereocenters. The Labute approximate surface area is 167 Å². The van der Waals surface area contributed by atoms with Gasteiger partial charge in [-0.05, 0) is 47.1 Å². The van der Waals surface area contributed by atoms with Gasteiger partial charge in [-0.15, -0.1) is 0 Å². The number of ketones is 1. The molecule has 0 aliphatic rings. The maximum atomic E-state index is 12.7. The van der Waals surface area contributed by atoms with Crippen molar-refractivity contribution in [2.24, 2.45) is 0 Å². The summed E-state index contributed by atoms with van der Waals surface area (Å²) in [7, 11) is 0. The Kier molecular flexibility index (Phi) is 4.98. The quantitative estimate of drug-likeness (QED) is 0.499. The van der Waals surface area contributed by atoms with Crippen LogP contribution in [-0.2, 0) is 6.54 Å². The number of rotatable bonds is 6. The monoisotopic (exact) mass is 390 g/mol. The van der Waals surface area contributed by atoms with Crippen LogP contribution in [0.4, 0.5) is 0 Å². The van der Waals surface area contributed by atoms with Gasteiger partial charge >= 0.3 is 0 Å². The zero-order chi connectivity index (χ0) is 20.2. The van der Waals surface area contributed by atoms with E-state index < -0.39 is 0 Å². The molecule has 0 saturated heterocycles. The molecule has 0 fully saturated rings. The van der Waals surface area contributed by atoms with Crippen molar-refractivity contribution in [1.82, 2.24) is 20.6 Å². The van der Waals surface area contributed by atoms with E-state index in [-0.39, 0.29) is 19.0 Å². The number of Topliss-reactive ketones (excluding diaryl/α,β-unsaturated/α-hetero) is 1. The highest BCUT2D eigenvalue weighted by atomic mass is 16.6. The van der Waals surface area contributed by atoms with Crippen molar-refractivity contribution in [2.45, 2.75) is 13.5 Å². The predicted molar refractivity (Wildman–Crippen MR) is 106 cm³/mol. The van der Waals surface area contributed by atoms with Gasteiger partial charge < -0.3 is 10.1 Å². The highest BCUT2D eigenvalue weighted by molar-refractivity contribution is 5.96. The van der Waals surface area contributed by atoms with Gasteiger partial charge in [0.15, 0.2) is 5.78 Å². The van der Waals surface area contributed by atoms with Crippen LogP contribution in [0.1, 0.15) is 34.6 Å². The van der Waals surface area contributed by atoms with Crippen LogP contribution >= 0.6 is 0 Å². The van der Waals surface area contributed by atoms with Gasteiger partial charge in [0.1, 0.15) is 22.3 Å². The van der Waals surface area contributed by atoms with Crippen molar-refractivity contribution in [1.29, 1.82) is 0 Å². The summed E-state index contributed by atoms with van der Waals surface area (Å²) in [5.74, 6) is 0.304. The predicted octanol–water partition coefficient (Wildman–Crippen LogP) is 3.79. The lowest BCUT2D eigenvalue weighted by Crippen LogP contribution is -2.23. The maximum absolute atomic E-state index is 12.7. The van der Waals surface area contributed by atoms with Gasteiger partial charge in [0.05, 0.1) is 0 Å². The number of amides is 1. The Morgan fingerprint density at radius 3 is 2.66 bits per heavy atom. The molecule has 0 unspecified atom stereocenters. The molecule has 1 amide bonds. The number of carbonyl (C=O) groups excluding carboxylic acids is 2. The first-order valence-corrected chi connectivity index (χ1v) is 8.83. The molecule has 0 aliphatic heterocycles. The van der Waals surface area contributed by atoms with E-state index in [0.29, 0.717) is 34.5 Å². The third kappa shape index (κ3) is 4.11. The number of pyridine rings is 1. The number of carbonyl (C=O) groups is 2. The van der Waals surface area contributed by atoms with Crippen LogP contribution in [-0.4, -0.2) is 27.0 Å². The number of fused-ring (bicyclic) bond motifs is 1. The average Bonchev–Trinajstić information content (AvgIpc) is 3.20. The van der Waals surface area contributed by atoms with E-state index in [1.165, 1.54) is 6.92 Å².